The van der Waals surface area contributed by atoms with Crippen LogP contribution in [-0.4, -0.2) is 20.4 Å². The Balaban J connectivity index is 2.10. The van der Waals surface area contributed by atoms with E-state index < -0.39 is 10.0 Å². The molecule has 0 aliphatic carbocycles. The van der Waals surface area contributed by atoms with Crippen molar-refractivity contribution in [2.24, 2.45) is 0 Å². The van der Waals surface area contributed by atoms with Crippen LogP contribution in [0.5, 0.6) is 0 Å². The molecule has 1 aromatic heterocycles. The molecule has 0 radical (unpaired) electrons. The molecule has 0 aliphatic rings. The van der Waals surface area contributed by atoms with Gasteiger partial charge >= 0.3 is 0 Å². The molecule has 5 nitrogen and oxygen atoms in total. The fourth-order valence-electron chi connectivity index (χ4n) is 1.87. The topological polar surface area (TPSA) is 71.1 Å². The highest BCUT2D eigenvalue weighted by atomic mass is 32.2. The molecule has 0 spiro atoms. The Kier molecular flexibility index (Phi) is 4.70. The van der Waals surface area contributed by atoms with Crippen molar-refractivity contribution in [1.82, 2.24) is 10.3 Å². The molecule has 0 amide bonds. The van der Waals surface area contributed by atoms with Crippen molar-refractivity contribution in [1.29, 1.82) is 0 Å². The first kappa shape index (κ1) is 14.5. The SMILES string of the molecule is CNCc1cccc(CS(=O)(=O)Nc2ccccn2)c1. The number of aromatic nitrogens is 1. The highest BCUT2D eigenvalue weighted by Crippen LogP contribution is 2.12. The zero-order valence-corrected chi connectivity index (χ0v) is 12.0. The molecule has 1 aromatic carbocycles. The smallest absolute Gasteiger partial charge is 0.238 e. The molecule has 0 unspecified atom stereocenters. The third-order valence-electron chi connectivity index (χ3n) is 2.65. The van der Waals surface area contributed by atoms with Crippen LogP contribution in [0.3, 0.4) is 0 Å². The first-order chi connectivity index (χ1) is 9.59. The van der Waals surface area contributed by atoms with Gasteiger partial charge in [-0.05, 0) is 30.3 Å². The molecule has 2 rings (SSSR count). The summed E-state index contributed by atoms with van der Waals surface area (Å²) in [6, 6.07) is 12.6. The average molecular weight is 291 g/mol. The van der Waals surface area contributed by atoms with E-state index in [0.717, 1.165) is 11.1 Å². The Morgan fingerprint density at radius 2 is 1.90 bits per heavy atom. The molecule has 0 fully saturated rings. The van der Waals surface area contributed by atoms with Crippen LogP contribution in [0.15, 0.2) is 48.7 Å². The number of nitrogens with one attached hydrogen (secondary N) is 2. The summed E-state index contributed by atoms with van der Waals surface area (Å²) in [6.45, 7) is 0.710. The van der Waals surface area contributed by atoms with E-state index in [1.165, 1.54) is 0 Å². The zero-order valence-electron chi connectivity index (χ0n) is 11.2. The number of hydrogen-bond donors (Lipinski definition) is 2. The standard InChI is InChI=1S/C14H17N3O2S/c1-15-10-12-5-4-6-13(9-12)11-20(18,19)17-14-7-2-3-8-16-14/h2-9,15H,10-11H2,1H3,(H,16,17). The predicted molar refractivity (Wildman–Crippen MR) is 79.7 cm³/mol. The van der Waals surface area contributed by atoms with E-state index in [1.807, 2.05) is 25.2 Å². The van der Waals surface area contributed by atoms with E-state index in [0.29, 0.717) is 12.4 Å². The summed E-state index contributed by atoms with van der Waals surface area (Å²) in [7, 11) is -1.60. The molecule has 106 valence electrons. The largest absolute Gasteiger partial charge is 0.316 e. The highest BCUT2D eigenvalue weighted by molar-refractivity contribution is 7.91. The van der Waals surface area contributed by atoms with Crippen LogP contribution in [0, 0.1) is 0 Å². The van der Waals surface area contributed by atoms with E-state index in [4.69, 9.17) is 0 Å². The molecule has 2 N–H and O–H groups in total. The Morgan fingerprint density at radius 3 is 2.60 bits per heavy atom. The van der Waals surface area contributed by atoms with Gasteiger partial charge < -0.3 is 5.32 Å². The van der Waals surface area contributed by atoms with Crippen molar-refractivity contribution < 1.29 is 8.42 Å². The molecule has 0 saturated heterocycles. The zero-order chi connectivity index (χ0) is 14.4. The molecule has 0 atom stereocenters. The minimum Gasteiger partial charge on any atom is -0.316 e. The monoisotopic (exact) mass is 291 g/mol. The molecule has 20 heavy (non-hydrogen) atoms. The number of benzene rings is 1. The normalized spacial score (nSPS) is 11.2. The number of rotatable bonds is 6. The lowest BCUT2D eigenvalue weighted by Gasteiger charge is -2.08. The van der Waals surface area contributed by atoms with Gasteiger partial charge in [-0.2, -0.15) is 0 Å². The van der Waals surface area contributed by atoms with Crippen LogP contribution in [-0.2, 0) is 22.3 Å². The Bertz CT molecular complexity index is 657. The van der Waals surface area contributed by atoms with E-state index in [9.17, 15) is 8.42 Å². The summed E-state index contributed by atoms with van der Waals surface area (Å²) < 4.78 is 26.6. The number of pyridine rings is 1. The lowest BCUT2D eigenvalue weighted by atomic mass is 10.1. The van der Waals surface area contributed by atoms with Gasteiger partial charge in [0.05, 0.1) is 5.75 Å². The van der Waals surface area contributed by atoms with E-state index >= 15 is 0 Å². The number of nitrogens with zero attached hydrogens (tertiary/aromatic N) is 1. The van der Waals surface area contributed by atoms with E-state index in [2.05, 4.69) is 15.0 Å². The van der Waals surface area contributed by atoms with Crippen molar-refractivity contribution in [2.75, 3.05) is 11.8 Å². The second kappa shape index (κ2) is 6.49. The molecule has 0 aliphatic heterocycles. The van der Waals surface area contributed by atoms with Crippen molar-refractivity contribution in [2.45, 2.75) is 12.3 Å². The van der Waals surface area contributed by atoms with Gasteiger partial charge in [-0.15, -0.1) is 0 Å². The first-order valence-corrected chi connectivity index (χ1v) is 7.88. The molecule has 2 aromatic rings. The number of anilines is 1. The van der Waals surface area contributed by atoms with Crippen LogP contribution in [0.2, 0.25) is 0 Å². The van der Waals surface area contributed by atoms with Crippen LogP contribution >= 0.6 is 0 Å². The van der Waals surface area contributed by atoms with E-state index in [-0.39, 0.29) is 5.75 Å². The van der Waals surface area contributed by atoms with Crippen LogP contribution in [0.25, 0.3) is 0 Å². The van der Waals surface area contributed by atoms with Gasteiger partial charge in [0.15, 0.2) is 0 Å². The van der Waals surface area contributed by atoms with Gasteiger partial charge in [-0.3, -0.25) is 4.72 Å². The molecular formula is C14H17N3O2S. The van der Waals surface area contributed by atoms with Crippen molar-refractivity contribution in [3.05, 3.63) is 59.8 Å². The van der Waals surface area contributed by atoms with Gasteiger partial charge in [0.1, 0.15) is 5.82 Å². The third kappa shape index (κ3) is 4.32. The van der Waals surface area contributed by atoms with E-state index in [1.54, 1.807) is 30.5 Å². The lowest BCUT2D eigenvalue weighted by molar-refractivity contribution is 0.600. The van der Waals surface area contributed by atoms with Gasteiger partial charge in [0.2, 0.25) is 10.0 Å². The predicted octanol–water partition coefficient (Wildman–Crippen LogP) is 1.74. The minimum absolute atomic E-state index is 0.0683. The lowest BCUT2D eigenvalue weighted by Crippen LogP contribution is -2.16. The summed E-state index contributed by atoms with van der Waals surface area (Å²) in [5.41, 5.74) is 1.80. The van der Waals surface area contributed by atoms with Crippen LogP contribution in [0.4, 0.5) is 5.82 Å². The minimum atomic E-state index is -3.45. The van der Waals surface area contributed by atoms with Crippen LogP contribution < -0.4 is 10.0 Å². The molecule has 0 saturated carbocycles. The summed E-state index contributed by atoms with van der Waals surface area (Å²) in [6.07, 6.45) is 1.55. The Hall–Kier alpha value is -1.92. The average Bonchev–Trinajstić information content (AvgIpc) is 2.39. The van der Waals surface area contributed by atoms with Crippen molar-refractivity contribution >= 4 is 15.8 Å². The Morgan fingerprint density at radius 1 is 1.10 bits per heavy atom. The fraction of sp³-hybridized carbons (Fsp3) is 0.214. The molecule has 6 heteroatoms. The molecule has 0 bridgehead atoms. The summed E-state index contributed by atoms with van der Waals surface area (Å²) in [4.78, 5) is 3.95. The number of hydrogen-bond acceptors (Lipinski definition) is 4. The maximum Gasteiger partial charge on any atom is 0.238 e. The van der Waals surface area contributed by atoms with Gasteiger partial charge in [0.25, 0.3) is 0 Å². The second-order valence-electron chi connectivity index (χ2n) is 4.43. The summed E-state index contributed by atoms with van der Waals surface area (Å²) in [5.74, 6) is 0.264. The van der Waals surface area contributed by atoms with Gasteiger partial charge in [0, 0.05) is 12.7 Å². The van der Waals surface area contributed by atoms with Crippen molar-refractivity contribution in [3.63, 3.8) is 0 Å². The van der Waals surface area contributed by atoms with Crippen molar-refractivity contribution in [3.8, 4) is 0 Å². The number of sulfonamides is 1. The summed E-state index contributed by atoms with van der Waals surface area (Å²) in [5, 5.41) is 3.04. The second-order valence-corrected chi connectivity index (χ2v) is 6.15. The maximum absolute atomic E-state index is 12.1. The Labute approximate surface area is 119 Å². The van der Waals surface area contributed by atoms with Crippen LogP contribution in [0.1, 0.15) is 11.1 Å². The fourth-order valence-corrected chi connectivity index (χ4v) is 3.00. The molecule has 1 heterocycles. The summed E-state index contributed by atoms with van der Waals surface area (Å²) >= 11 is 0. The maximum atomic E-state index is 12.1. The third-order valence-corrected chi connectivity index (χ3v) is 3.89. The highest BCUT2D eigenvalue weighted by Gasteiger charge is 2.12. The molecular weight excluding hydrogens is 274 g/mol. The van der Waals surface area contributed by atoms with Gasteiger partial charge in [-0.1, -0.05) is 30.3 Å². The quantitative estimate of drug-likeness (QED) is 0.850. The first-order valence-electron chi connectivity index (χ1n) is 6.23. The van der Waals surface area contributed by atoms with Gasteiger partial charge in [-0.25, -0.2) is 13.4 Å².